The number of hydrogen-bond donors (Lipinski definition) is 2. The van der Waals surface area contributed by atoms with Gasteiger partial charge in [-0.15, -0.1) is 24.0 Å². The Labute approximate surface area is 163 Å². The third kappa shape index (κ3) is 5.27. The predicted octanol–water partition coefficient (Wildman–Crippen LogP) is 3.35. The van der Waals surface area contributed by atoms with Gasteiger partial charge in [0.1, 0.15) is 0 Å². The van der Waals surface area contributed by atoms with E-state index in [2.05, 4.69) is 10.3 Å². The Morgan fingerprint density at radius 2 is 2.12 bits per heavy atom. The molecule has 0 aliphatic carbocycles. The first-order chi connectivity index (χ1) is 10.9. The molecule has 0 bridgehead atoms. The molecule has 24 heavy (non-hydrogen) atoms. The zero-order valence-corrected chi connectivity index (χ0v) is 16.8. The molecule has 5 nitrogen and oxygen atoms in total. The zero-order chi connectivity index (χ0) is 17.0. The quantitative estimate of drug-likeness (QED) is 0.413. The lowest BCUT2D eigenvalue weighted by molar-refractivity contribution is 0.431. The number of benzene rings is 1. The molecule has 2 rings (SSSR count). The highest BCUT2D eigenvalue weighted by molar-refractivity contribution is 14.0. The van der Waals surface area contributed by atoms with Gasteiger partial charge in [-0.1, -0.05) is 17.7 Å². The summed E-state index contributed by atoms with van der Waals surface area (Å²) in [6.45, 7) is 1.04. The number of aromatic hydroxyl groups is 1. The van der Waals surface area contributed by atoms with Crippen LogP contribution in [-0.2, 0) is 20.1 Å². The lowest BCUT2D eigenvalue weighted by atomic mass is 10.2. The number of nitrogens with one attached hydrogen (secondary N) is 1. The van der Waals surface area contributed by atoms with Crippen molar-refractivity contribution in [2.24, 2.45) is 12.0 Å². The molecule has 0 radical (unpaired) electrons. The van der Waals surface area contributed by atoms with Crippen molar-refractivity contribution in [2.75, 3.05) is 14.1 Å². The maximum atomic E-state index is 13.3. The van der Waals surface area contributed by atoms with Crippen molar-refractivity contribution in [2.45, 2.75) is 13.1 Å². The van der Waals surface area contributed by atoms with Crippen LogP contribution in [0, 0.1) is 5.82 Å². The Hall–Kier alpha value is -1.48. The van der Waals surface area contributed by atoms with E-state index in [9.17, 15) is 9.50 Å². The maximum absolute atomic E-state index is 13.3. The largest absolute Gasteiger partial charge is 0.505 e. The fraction of sp³-hybridized carbons (Fsp3) is 0.312. The normalized spacial score (nSPS) is 11.1. The van der Waals surface area contributed by atoms with Crippen LogP contribution < -0.4 is 5.32 Å². The van der Waals surface area contributed by atoms with Gasteiger partial charge in [-0.3, -0.25) is 4.99 Å². The number of hydrogen-bond acceptors (Lipinski definition) is 2. The molecule has 1 aromatic carbocycles. The van der Waals surface area contributed by atoms with Gasteiger partial charge in [-0.05, 0) is 23.8 Å². The van der Waals surface area contributed by atoms with Crippen LogP contribution in [-0.4, -0.2) is 34.6 Å². The summed E-state index contributed by atoms with van der Waals surface area (Å²) in [5.74, 6) is -0.308. The van der Waals surface area contributed by atoms with E-state index in [1.165, 1.54) is 12.1 Å². The van der Waals surface area contributed by atoms with E-state index in [4.69, 9.17) is 11.6 Å². The number of guanidine groups is 1. The van der Waals surface area contributed by atoms with Gasteiger partial charge >= 0.3 is 0 Å². The molecule has 0 unspecified atom stereocenters. The smallest absolute Gasteiger partial charge is 0.194 e. The SMILES string of the molecule is CN=C(NCc1ccc(O)c(F)c1)N(C)Cc1cc(Cl)cn1C.I. The van der Waals surface area contributed by atoms with Gasteiger partial charge in [0.25, 0.3) is 0 Å². The van der Waals surface area contributed by atoms with Crippen LogP contribution in [0.5, 0.6) is 5.75 Å². The maximum Gasteiger partial charge on any atom is 0.194 e. The van der Waals surface area contributed by atoms with Crippen molar-refractivity contribution in [3.05, 3.63) is 52.6 Å². The first kappa shape index (κ1) is 20.6. The van der Waals surface area contributed by atoms with Gasteiger partial charge < -0.3 is 19.9 Å². The van der Waals surface area contributed by atoms with Crippen molar-refractivity contribution in [3.63, 3.8) is 0 Å². The van der Waals surface area contributed by atoms with Gasteiger partial charge in [-0.25, -0.2) is 4.39 Å². The van der Waals surface area contributed by atoms with Gasteiger partial charge in [-0.2, -0.15) is 0 Å². The second-order valence-electron chi connectivity index (χ2n) is 5.30. The van der Waals surface area contributed by atoms with Crippen LogP contribution >= 0.6 is 35.6 Å². The molecule has 0 aliphatic heterocycles. The summed E-state index contributed by atoms with van der Waals surface area (Å²) in [6, 6.07) is 6.20. The molecule has 2 N–H and O–H groups in total. The van der Waals surface area contributed by atoms with Crippen LogP contribution in [0.25, 0.3) is 0 Å². The highest BCUT2D eigenvalue weighted by Crippen LogP contribution is 2.16. The minimum Gasteiger partial charge on any atom is -0.505 e. The molecule has 1 aromatic heterocycles. The monoisotopic (exact) mass is 466 g/mol. The molecule has 0 amide bonds. The Morgan fingerprint density at radius 1 is 1.42 bits per heavy atom. The van der Waals surface area contributed by atoms with Crippen molar-refractivity contribution in [1.29, 1.82) is 0 Å². The van der Waals surface area contributed by atoms with Crippen LogP contribution in [0.15, 0.2) is 35.5 Å². The Kier molecular flexibility index (Phi) is 7.82. The average Bonchev–Trinajstić information content (AvgIpc) is 2.81. The van der Waals surface area contributed by atoms with Crippen molar-refractivity contribution in [3.8, 4) is 5.75 Å². The Balaban J connectivity index is 0.00000288. The van der Waals surface area contributed by atoms with Crippen LogP contribution in [0.4, 0.5) is 4.39 Å². The summed E-state index contributed by atoms with van der Waals surface area (Å²) in [4.78, 5) is 6.17. The summed E-state index contributed by atoms with van der Waals surface area (Å²) >= 11 is 5.99. The number of aryl methyl sites for hydroxylation is 1. The second kappa shape index (κ2) is 9.12. The molecular weight excluding hydrogens is 446 g/mol. The molecule has 0 saturated carbocycles. The van der Waals surface area contributed by atoms with E-state index in [0.717, 1.165) is 11.3 Å². The molecule has 0 saturated heterocycles. The average molecular weight is 467 g/mol. The third-order valence-electron chi connectivity index (χ3n) is 3.51. The molecule has 8 heteroatoms. The van der Waals surface area contributed by atoms with Crippen molar-refractivity contribution >= 4 is 41.5 Å². The number of phenolic OH excluding ortho intramolecular Hbond substituents is 1. The van der Waals surface area contributed by atoms with Gasteiger partial charge in [0.05, 0.1) is 11.6 Å². The first-order valence-electron chi connectivity index (χ1n) is 7.10. The van der Waals surface area contributed by atoms with E-state index >= 15 is 0 Å². The number of rotatable bonds is 4. The fourth-order valence-corrected chi connectivity index (χ4v) is 2.54. The number of halogens is 3. The molecular formula is C16H21ClFIN4O. The summed E-state index contributed by atoms with van der Waals surface area (Å²) in [6.07, 6.45) is 1.85. The van der Waals surface area contributed by atoms with E-state index in [-0.39, 0.29) is 29.7 Å². The summed E-state index contributed by atoms with van der Waals surface area (Å²) < 4.78 is 15.3. The Bertz CT molecular complexity index is 720. The summed E-state index contributed by atoms with van der Waals surface area (Å²) in [7, 11) is 5.53. The molecule has 132 valence electrons. The number of nitrogens with zero attached hydrogens (tertiary/aromatic N) is 3. The predicted molar refractivity (Wildman–Crippen MR) is 106 cm³/mol. The highest BCUT2D eigenvalue weighted by Gasteiger charge is 2.10. The van der Waals surface area contributed by atoms with Crippen LogP contribution in [0.3, 0.4) is 0 Å². The standard InChI is InChI=1S/C16H20ClFN4O.HI/c1-19-16(20-8-11-4-5-15(23)14(18)6-11)22(3)10-13-7-12(17)9-21(13)2;/h4-7,9,23H,8,10H2,1-3H3,(H,19,20);1H. The molecule has 0 aliphatic rings. The van der Waals surface area contributed by atoms with E-state index in [0.29, 0.717) is 24.1 Å². The Morgan fingerprint density at radius 3 is 2.67 bits per heavy atom. The highest BCUT2D eigenvalue weighted by atomic mass is 127. The lowest BCUT2D eigenvalue weighted by Gasteiger charge is -2.22. The summed E-state index contributed by atoms with van der Waals surface area (Å²) in [5, 5.41) is 13.1. The first-order valence-corrected chi connectivity index (χ1v) is 7.48. The van der Waals surface area contributed by atoms with Crippen LogP contribution in [0.2, 0.25) is 5.02 Å². The van der Waals surface area contributed by atoms with Crippen molar-refractivity contribution in [1.82, 2.24) is 14.8 Å². The van der Waals surface area contributed by atoms with Crippen molar-refractivity contribution < 1.29 is 9.50 Å². The van der Waals surface area contributed by atoms with E-state index in [1.807, 2.05) is 35.8 Å². The van der Waals surface area contributed by atoms with Gasteiger partial charge in [0.15, 0.2) is 17.5 Å². The van der Waals surface area contributed by atoms with E-state index < -0.39 is 5.82 Å². The van der Waals surface area contributed by atoms with Crippen LogP contribution in [0.1, 0.15) is 11.3 Å². The third-order valence-corrected chi connectivity index (χ3v) is 3.72. The molecule has 0 fully saturated rings. The number of phenols is 1. The summed E-state index contributed by atoms with van der Waals surface area (Å²) in [5.41, 5.74) is 1.77. The minimum atomic E-state index is -0.633. The molecule has 0 spiro atoms. The lowest BCUT2D eigenvalue weighted by Crippen LogP contribution is -2.38. The molecule has 2 aromatic rings. The molecule has 0 atom stereocenters. The zero-order valence-electron chi connectivity index (χ0n) is 13.8. The number of aliphatic imine (C=N–C) groups is 1. The van der Waals surface area contributed by atoms with Gasteiger partial charge in [0.2, 0.25) is 0 Å². The van der Waals surface area contributed by atoms with E-state index in [1.54, 1.807) is 13.1 Å². The minimum absolute atomic E-state index is 0. The topological polar surface area (TPSA) is 52.8 Å². The number of aromatic nitrogens is 1. The fourth-order valence-electron chi connectivity index (χ4n) is 2.27. The molecule has 1 heterocycles. The van der Waals surface area contributed by atoms with Gasteiger partial charge in [0, 0.05) is 39.6 Å². The second-order valence-corrected chi connectivity index (χ2v) is 5.74.